The molecule has 0 spiro atoms. The smallest absolute Gasteiger partial charge is 0.344 e. The van der Waals surface area contributed by atoms with Crippen molar-refractivity contribution in [3.63, 3.8) is 0 Å². The standard InChI is InChI=1S/C32H48N2O8S2Si/c1-22-18-28(40-7)23(2)24(3)29(22)44(38,39)32(30(35)41-8,21-42-31(4,5)6)33-20-25-12-13-27-26(19-25)14-15-34(27)43(36,37)16-17-45(9,10)11/h12-15,18-19,33H,16-17,20-21H2,1-11H3/t32-/m1/s1. The van der Waals surface area contributed by atoms with Gasteiger partial charge < -0.3 is 14.2 Å². The van der Waals surface area contributed by atoms with Gasteiger partial charge in [-0.2, -0.15) is 0 Å². The van der Waals surface area contributed by atoms with Crippen molar-refractivity contribution in [1.29, 1.82) is 0 Å². The van der Waals surface area contributed by atoms with Crippen molar-refractivity contribution in [2.45, 2.75) is 89.1 Å². The van der Waals surface area contributed by atoms with Gasteiger partial charge in [0.25, 0.3) is 0 Å². The summed E-state index contributed by atoms with van der Waals surface area (Å²) in [6.45, 7) is 16.2. The summed E-state index contributed by atoms with van der Waals surface area (Å²) in [4.78, 5) is 11.3. The summed E-state index contributed by atoms with van der Waals surface area (Å²) in [7, 11) is -6.98. The molecule has 0 aliphatic rings. The van der Waals surface area contributed by atoms with E-state index in [2.05, 4.69) is 25.0 Å². The Kier molecular flexibility index (Phi) is 10.8. The highest BCUT2D eigenvalue weighted by Crippen LogP contribution is 2.37. The van der Waals surface area contributed by atoms with Gasteiger partial charge in [-0.05, 0) is 94.1 Å². The minimum atomic E-state index is -4.50. The number of nitrogens with zero attached hydrogens (tertiary/aromatic N) is 1. The third-order valence-electron chi connectivity index (χ3n) is 7.86. The van der Waals surface area contributed by atoms with Crippen LogP contribution in [0, 0.1) is 20.8 Å². The molecule has 0 fully saturated rings. The summed E-state index contributed by atoms with van der Waals surface area (Å²) in [6, 6.07) is 9.18. The van der Waals surface area contributed by atoms with E-state index < -0.39 is 51.0 Å². The van der Waals surface area contributed by atoms with E-state index in [0.717, 1.165) is 7.11 Å². The van der Waals surface area contributed by atoms with Crippen molar-refractivity contribution >= 4 is 44.8 Å². The first kappa shape index (κ1) is 36.8. The van der Waals surface area contributed by atoms with Gasteiger partial charge in [-0.25, -0.2) is 25.6 Å². The Morgan fingerprint density at radius 2 is 1.60 bits per heavy atom. The summed E-state index contributed by atoms with van der Waals surface area (Å²) in [5, 5.41) is 3.68. The lowest BCUT2D eigenvalue weighted by molar-refractivity contribution is -0.149. The van der Waals surface area contributed by atoms with E-state index in [1.165, 1.54) is 11.1 Å². The summed E-state index contributed by atoms with van der Waals surface area (Å²) in [6.07, 6.45) is 1.54. The summed E-state index contributed by atoms with van der Waals surface area (Å²) in [5.41, 5.74) is 1.89. The maximum absolute atomic E-state index is 14.7. The zero-order valence-corrected chi connectivity index (χ0v) is 31.0. The van der Waals surface area contributed by atoms with E-state index in [9.17, 15) is 21.6 Å². The number of ether oxygens (including phenoxy) is 3. The highest BCUT2D eigenvalue weighted by atomic mass is 32.2. The Morgan fingerprint density at radius 3 is 2.16 bits per heavy atom. The average molecular weight is 681 g/mol. The lowest BCUT2D eigenvalue weighted by Gasteiger charge is -2.35. The molecule has 45 heavy (non-hydrogen) atoms. The van der Waals surface area contributed by atoms with Gasteiger partial charge in [-0.15, -0.1) is 0 Å². The van der Waals surface area contributed by atoms with E-state index >= 15 is 0 Å². The van der Waals surface area contributed by atoms with Gasteiger partial charge in [0.15, 0.2) is 0 Å². The molecule has 1 aromatic heterocycles. The molecule has 10 nitrogen and oxygen atoms in total. The van der Waals surface area contributed by atoms with E-state index in [0.29, 0.717) is 45.0 Å². The first-order valence-electron chi connectivity index (χ1n) is 14.8. The second-order valence-corrected chi connectivity index (χ2v) is 23.4. The number of aromatic nitrogens is 1. The van der Waals surface area contributed by atoms with Crippen molar-refractivity contribution in [3.8, 4) is 5.75 Å². The summed E-state index contributed by atoms with van der Waals surface area (Å²) < 4.78 is 73.6. The van der Waals surface area contributed by atoms with Gasteiger partial charge in [0.2, 0.25) is 24.7 Å². The molecule has 0 unspecified atom stereocenters. The molecule has 0 aliphatic heterocycles. The van der Waals surface area contributed by atoms with Crippen molar-refractivity contribution in [1.82, 2.24) is 9.29 Å². The molecule has 2 aromatic carbocycles. The van der Waals surface area contributed by atoms with Crippen LogP contribution in [0.2, 0.25) is 25.7 Å². The number of esters is 1. The highest BCUT2D eigenvalue weighted by molar-refractivity contribution is 7.93. The SMILES string of the molecule is COC(=O)[C@](COC(C)(C)C)(NCc1ccc2c(ccn2S(=O)(=O)CC[Si](C)(C)C)c1)S(=O)(=O)c1c(C)cc(OC)c(C)c1C. The number of hydrogen-bond donors (Lipinski definition) is 1. The first-order valence-corrected chi connectivity index (χ1v) is 21.6. The minimum absolute atomic E-state index is 0.00716. The zero-order chi connectivity index (χ0) is 34.2. The van der Waals surface area contributed by atoms with Crippen LogP contribution in [-0.2, 0) is 40.7 Å². The monoisotopic (exact) mass is 680 g/mol. The number of rotatable bonds is 13. The first-order chi connectivity index (χ1) is 20.6. The molecule has 0 saturated carbocycles. The van der Waals surface area contributed by atoms with Crippen LogP contribution in [0.5, 0.6) is 5.75 Å². The summed E-state index contributed by atoms with van der Waals surface area (Å²) in [5.74, 6) is -0.416. The maximum atomic E-state index is 14.7. The van der Waals surface area contributed by atoms with E-state index in [4.69, 9.17) is 14.2 Å². The Bertz CT molecular complexity index is 1790. The van der Waals surface area contributed by atoms with E-state index in [-0.39, 0.29) is 17.2 Å². The number of methoxy groups -OCH3 is 2. The Labute approximate surface area is 269 Å². The van der Waals surface area contributed by atoms with E-state index in [1.54, 1.807) is 78.1 Å². The van der Waals surface area contributed by atoms with Gasteiger partial charge in [0.1, 0.15) is 5.75 Å². The predicted octanol–water partition coefficient (Wildman–Crippen LogP) is 5.34. The fourth-order valence-electron chi connectivity index (χ4n) is 5.07. The quantitative estimate of drug-likeness (QED) is 0.188. The molecular weight excluding hydrogens is 633 g/mol. The number of nitrogens with one attached hydrogen (secondary N) is 1. The molecule has 0 bridgehead atoms. The lowest BCUT2D eigenvalue weighted by atomic mass is 10.1. The van der Waals surface area contributed by atoms with Crippen LogP contribution in [0.15, 0.2) is 41.4 Å². The third-order valence-corrected chi connectivity index (χ3v) is 14.1. The Balaban J connectivity index is 2.11. The van der Waals surface area contributed by atoms with E-state index in [1.807, 2.05) is 0 Å². The van der Waals surface area contributed by atoms with Crippen LogP contribution in [0.3, 0.4) is 0 Å². The molecule has 13 heteroatoms. The average Bonchev–Trinajstić information content (AvgIpc) is 3.37. The third kappa shape index (κ3) is 7.82. The van der Waals surface area contributed by atoms with Crippen LogP contribution in [0.4, 0.5) is 0 Å². The molecule has 250 valence electrons. The second-order valence-electron chi connectivity index (χ2n) is 13.7. The summed E-state index contributed by atoms with van der Waals surface area (Å²) >= 11 is 0. The number of sulfone groups is 1. The number of aryl methyl sites for hydroxylation is 1. The number of carbonyl (C=O) groups excluding carboxylic acids is 1. The Hall–Kier alpha value is -2.71. The van der Waals surface area contributed by atoms with Gasteiger partial charge in [0, 0.05) is 26.2 Å². The predicted molar refractivity (Wildman–Crippen MR) is 181 cm³/mol. The molecule has 0 radical (unpaired) electrons. The zero-order valence-electron chi connectivity index (χ0n) is 28.3. The van der Waals surface area contributed by atoms with Crippen molar-refractivity contribution in [2.75, 3.05) is 26.6 Å². The van der Waals surface area contributed by atoms with Crippen molar-refractivity contribution in [2.24, 2.45) is 0 Å². The van der Waals surface area contributed by atoms with Gasteiger partial charge in [-0.3, -0.25) is 5.32 Å². The van der Waals surface area contributed by atoms with Crippen molar-refractivity contribution in [3.05, 3.63) is 58.8 Å². The second kappa shape index (κ2) is 13.2. The fourth-order valence-corrected chi connectivity index (χ4v) is 11.6. The van der Waals surface area contributed by atoms with Gasteiger partial charge in [0.05, 0.1) is 42.6 Å². The molecule has 0 amide bonds. The van der Waals surface area contributed by atoms with Crippen LogP contribution < -0.4 is 10.1 Å². The molecule has 0 aliphatic carbocycles. The van der Waals surface area contributed by atoms with Crippen LogP contribution in [-0.4, -0.2) is 71.9 Å². The maximum Gasteiger partial charge on any atom is 0.344 e. The molecule has 1 heterocycles. The molecule has 3 rings (SSSR count). The van der Waals surface area contributed by atoms with Crippen LogP contribution in [0.1, 0.15) is 43.0 Å². The highest BCUT2D eigenvalue weighted by Gasteiger charge is 2.54. The van der Waals surface area contributed by atoms with Gasteiger partial charge >= 0.3 is 5.97 Å². The Morgan fingerprint density at radius 1 is 0.956 bits per heavy atom. The normalized spacial score (nSPS) is 14.4. The molecule has 1 atom stereocenters. The van der Waals surface area contributed by atoms with Crippen LogP contribution in [0.25, 0.3) is 10.9 Å². The van der Waals surface area contributed by atoms with Crippen LogP contribution >= 0.6 is 0 Å². The van der Waals surface area contributed by atoms with Crippen molar-refractivity contribution < 1.29 is 35.8 Å². The number of hydrogen-bond acceptors (Lipinski definition) is 9. The molecule has 3 aromatic rings. The largest absolute Gasteiger partial charge is 0.496 e. The molecular formula is C32H48N2O8S2Si. The topological polar surface area (TPSA) is 130 Å². The van der Waals surface area contributed by atoms with Gasteiger partial charge in [-0.1, -0.05) is 25.7 Å². The number of benzene rings is 2. The molecule has 0 saturated heterocycles. The number of carbonyl (C=O) groups is 1. The number of fused-ring (bicyclic) bond motifs is 1. The lowest BCUT2D eigenvalue weighted by Crippen LogP contribution is -2.62. The molecule has 1 N–H and O–H groups in total. The fraction of sp³-hybridized carbons (Fsp3) is 0.531. The minimum Gasteiger partial charge on any atom is -0.496 e.